The summed E-state index contributed by atoms with van der Waals surface area (Å²) in [6.07, 6.45) is 3.90. The van der Waals surface area contributed by atoms with Crippen LogP contribution >= 0.6 is 11.6 Å². The predicted molar refractivity (Wildman–Crippen MR) is 107 cm³/mol. The number of aromatic nitrogens is 2. The van der Waals surface area contributed by atoms with Crippen molar-refractivity contribution in [2.75, 3.05) is 6.61 Å². The van der Waals surface area contributed by atoms with E-state index in [4.69, 9.17) is 16.3 Å². The van der Waals surface area contributed by atoms with Gasteiger partial charge in [0.2, 0.25) is 0 Å². The maximum Gasteiger partial charge on any atom is 0.0717 e. The Balaban J connectivity index is 1.47. The van der Waals surface area contributed by atoms with Crippen molar-refractivity contribution in [1.29, 1.82) is 0 Å². The van der Waals surface area contributed by atoms with E-state index in [1.807, 2.05) is 41.3 Å². The smallest absolute Gasteiger partial charge is 0.0717 e. The molecule has 0 spiro atoms. The van der Waals surface area contributed by atoms with Gasteiger partial charge in [-0.2, -0.15) is 5.10 Å². The molecule has 0 saturated heterocycles. The van der Waals surface area contributed by atoms with Crippen LogP contribution in [0.3, 0.4) is 0 Å². The summed E-state index contributed by atoms with van der Waals surface area (Å²) in [5.74, 6) is 0. The Hall–Kier alpha value is -2.10. The fraction of sp³-hybridized carbons (Fsp3) is 0.318. The van der Waals surface area contributed by atoms with Crippen molar-refractivity contribution < 1.29 is 4.74 Å². The Morgan fingerprint density at radius 3 is 2.31 bits per heavy atom. The van der Waals surface area contributed by atoms with Gasteiger partial charge in [0.15, 0.2) is 0 Å². The maximum absolute atomic E-state index is 5.93. The third-order valence-electron chi connectivity index (χ3n) is 4.36. The molecule has 0 fully saturated rings. The molecule has 3 nitrogen and oxygen atoms in total. The largest absolute Gasteiger partial charge is 0.375 e. The molecule has 0 aliphatic carbocycles. The standard InChI is InChI=1S/C22H25ClN2O/c1-22(2,3)20-8-4-17(5-9-20)16-26-13-12-25-15-19(14-24-25)18-6-10-21(23)11-7-18/h4-11,14-15H,12-13,16H2,1-3H3. The van der Waals surface area contributed by atoms with Crippen LogP contribution in [-0.4, -0.2) is 16.4 Å². The number of hydrogen-bond acceptors (Lipinski definition) is 2. The molecule has 0 unspecified atom stereocenters. The van der Waals surface area contributed by atoms with Crippen molar-refractivity contribution in [3.63, 3.8) is 0 Å². The molecule has 0 saturated carbocycles. The minimum absolute atomic E-state index is 0.182. The number of nitrogens with zero attached hydrogens (tertiary/aromatic N) is 2. The molecule has 4 heteroatoms. The fourth-order valence-electron chi connectivity index (χ4n) is 2.73. The van der Waals surface area contributed by atoms with Crippen LogP contribution in [0.4, 0.5) is 0 Å². The van der Waals surface area contributed by atoms with Crippen LogP contribution in [-0.2, 0) is 23.3 Å². The SMILES string of the molecule is CC(C)(C)c1ccc(COCCn2cc(-c3ccc(Cl)cc3)cn2)cc1. The second-order valence-corrected chi connectivity index (χ2v) is 7.93. The molecule has 0 aliphatic rings. The van der Waals surface area contributed by atoms with Crippen LogP contribution in [0.15, 0.2) is 60.9 Å². The lowest BCUT2D eigenvalue weighted by Gasteiger charge is -2.19. The summed E-state index contributed by atoms with van der Waals surface area (Å²) < 4.78 is 7.71. The summed E-state index contributed by atoms with van der Waals surface area (Å²) in [4.78, 5) is 0. The zero-order valence-electron chi connectivity index (χ0n) is 15.6. The Labute approximate surface area is 160 Å². The van der Waals surface area contributed by atoms with Crippen LogP contribution in [0, 0.1) is 0 Å². The number of halogens is 1. The van der Waals surface area contributed by atoms with Crippen LogP contribution < -0.4 is 0 Å². The number of rotatable bonds is 6. The average Bonchev–Trinajstić information content (AvgIpc) is 3.08. The molecule has 0 radical (unpaired) electrons. The van der Waals surface area contributed by atoms with Crippen LogP contribution in [0.2, 0.25) is 5.02 Å². The molecule has 2 aromatic carbocycles. The van der Waals surface area contributed by atoms with E-state index in [9.17, 15) is 0 Å². The monoisotopic (exact) mass is 368 g/mol. The van der Waals surface area contributed by atoms with Gasteiger partial charge in [0.25, 0.3) is 0 Å². The second-order valence-electron chi connectivity index (χ2n) is 7.50. The Morgan fingerprint density at radius 2 is 1.65 bits per heavy atom. The normalized spacial score (nSPS) is 11.7. The summed E-state index contributed by atoms with van der Waals surface area (Å²) >= 11 is 5.93. The molecule has 1 aromatic heterocycles. The van der Waals surface area contributed by atoms with Crippen molar-refractivity contribution in [2.24, 2.45) is 0 Å². The highest BCUT2D eigenvalue weighted by atomic mass is 35.5. The van der Waals surface area contributed by atoms with Gasteiger partial charge in [-0.05, 0) is 34.2 Å². The summed E-state index contributed by atoms with van der Waals surface area (Å²) in [5.41, 5.74) is 4.91. The lowest BCUT2D eigenvalue weighted by Crippen LogP contribution is -2.11. The highest BCUT2D eigenvalue weighted by Gasteiger charge is 2.12. The average molecular weight is 369 g/mol. The Bertz CT molecular complexity index is 830. The van der Waals surface area contributed by atoms with E-state index in [0.717, 1.165) is 22.7 Å². The first-order valence-electron chi connectivity index (χ1n) is 8.87. The molecule has 0 bridgehead atoms. The maximum atomic E-state index is 5.93. The van der Waals surface area contributed by atoms with Crippen LogP contribution in [0.1, 0.15) is 31.9 Å². The minimum Gasteiger partial charge on any atom is -0.375 e. The molecule has 0 amide bonds. The van der Waals surface area contributed by atoms with Gasteiger partial charge >= 0.3 is 0 Å². The van der Waals surface area contributed by atoms with E-state index < -0.39 is 0 Å². The predicted octanol–water partition coefficient (Wildman–Crippen LogP) is 5.72. The van der Waals surface area contributed by atoms with Gasteiger partial charge in [-0.3, -0.25) is 4.68 Å². The van der Waals surface area contributed by atoms with E-state index in [2.05, 4.69) is 50.1 Å². The molecule has 0 N–H and O–H groups in total. The molecule has 1 heterocycles. The lowest BCUT2D eigenvalue weighted by atomic mass is 9.87. The quantitative estimate of drug-likeness (QED) is 0.520. The van der Waals surface area contributed by atoms with Gasteiger partial charge in [0, 0.05) is 16.8 Å². The Kier molecular flexibility index (Phi) is 5.80. The molecule has 3 aromatic rings. The Morgan fingerprint density at radius 1 is 0.962 bits per heavy atom. The highest BCUT2D eigenvalue weighted by molar-refractivity contribution is 6.30. The number of hydrogen-bond donors (Lipinski definition) is 0. The van der Waals surface area contributed by atoms with Crippen molar-refractivity contribution in [1.82, 2.24) is 9.78 Å². The van der Waals surface area contributed by atoms with E-state index in [-0.39, 0.29) is 5.41 Å². The van der Waals surface area contributed by atoms with Crippen LogP contribution in [0.25, 0.3) is 11.1 Å². The van der Waals surface area contributed by atoms with Gasteiger partial charge in [0.1, 0.15) is 0 Å². The van der Waals surface area contributed by atoms with Crippen molar-refractivity contribution in [3.05, 3.63) is 77.1 Å². The molecule has 26 heavy (non-hydrogen) atoms. The molecule has 0 aliphatic heterocycles. The van der Waals surface area contributed by atoms with Gasteiger partial charge < -0.3 is 4.74 Å². The first kappa shape index (κ1) is 18.7. The van der Waals surface area contributed by atoms with Crippen LogP contribution in [0.5, 0.6) is 0 Å². The van der Waals surface area contributed by atoms with Crippen molar-refractivity contribution in [3.8, 4) is 11.1 Å². The zero-order chi connectivity index (χ0) is 18.6. The topological polar surface area (TPSA) is 27.1 Å². The van der Waals surface area contributed by atoms with Gasteiger partial charge in [-0.25, -0.2) is 0 Å². The zero-order valence-corrected chi connectivity index (χ0v) is 16.3. The van der Waals surface area contributed by atoms with E-state index >= 15 is 0 Å². The number of ether oxygens (including phenoxy) is 1. The summed E-state index contributed by atoms with van der Waals surface area (Å²) in [6.45, 7) is 8.65. The second kappa shape index (κ2) is 8.07. The third kappa shape index (κ3) is 4.96. The lowest BCUT2D eigenvalue weighted by molar-refractivity contribution is 0.111. The minimum atomic E-state index is 0.182. The van der Waals surface area contributed by atoms with Gasteiger partial charge in [-0.1, -0.05) is 68.8 Å². The molecule has 3 rings (SSSR count). The summed E-state index contributed by atoms with van der Waals surface area (Å²) in [5, 5.41) is 5.14. The van der Waals surface area contributed by atoms with E-state index in [1.165, 1.54) is 11.1 Å². The molecular weight excluding hydrogens is 344 g/mol. The number of benzene rings is 2. The first-order valence-corrected chi connectivity index (χ1v) is 9.25. The summed E-state index contributed by atoms with van der Waals surface area (Å²) in [6, 6.07) is 16.4. The van der Waals surface area contributed by atoms with E-state index in [0.29, 0.717) is 13.2 Å². The van der Waals surface area contributed by atoms with Crippen molar-refractivity contribution in [2.45, 2.75) is 39.3 Å². The van der Waals surface area contributed by atoms with E-state index in [1.54, 1.807) is 0 Å². The van der Waals surface area contributed by atoms with Crippen molar-refractivity contribution >= 4 is 11.6 Å². The fourth-order valence-corrected chi connectivity index (χ4v) is 2.85. The first-order chi connectivity index (χ1) is 12.4. The molecule has 0 atom stereocenters. The summed E-state index contributed by atoms with van der Waals surface area (Å²) in [7, 11) is 0. The highest BCUT2D eigenvalue weighted by Crippen LogP contribution is 2.22. The third-order valence-corrected chi connectivity index (χ3v) is 4.62. The van der Waals surface area contributed by atoms with Gasteiger partial charge in [0.05, 0.1) is 26.0 Å². The molecular formula is C22H25ClN2O. The van der Waals surface area contributed by atoms with Gasteiger partial charge in [-0.15, -0.1) is 0 Å². The molecule has 136 valence electrons.